The van der Waals surface area contributed by atoms with E-state index in [1.165, 1.54) is 6.92 Å². The standard InChI is InChI=1S/C18H12N4O2/c1-12(23)15-14(24)7-17(8-19,9-20)18(10-21,11-22)16(15)13-5-3-2-4-6-13/h2-6,16,24H,7H2,1H3/t16-/m1/s1. The number of aliphatic hydroxyl groups is 1. The van der Waals surface area contributed by atoms with E-state index in [-0.39, 0.29) is 5.57 Å². The van der Waals surface area contributed by atoms with Crippen LogP contribution in [0, 0.1) is 56.2 Å². The van der Waals surface area contributed by atoms with Gasteiger partial charge in [0.1, 0.15) is 5.76 Å². The SMILES string of the molecule is CC(=O)C1=C(O)CC(C#N)(C#N)C(C#N)(C#N)[C@@H]1c1ccccc1. The van der Waals surface area contributed by atoms with Gasteiger partial charge in [-0.15, -0.1) is 0 Å². The van der Waals surface area contributed by atoms with Gasteiger partial charge in [-0.25, -0.2) is 0 Å². The summed E-state index contributed by atoms with van der Waals surface area (Å²) in [5, 5.41) is 49.0. The molecule has 2 rings (SSSR count). The molecule has 0 unspecified atom stereocenters. The summed E-state index contributed by atoms with van der Waals surface area (Å²) in [7, 11) is 0. The Morgan fingerprint density at radius 3 is 2.04 bits per heavy atom. The van der Waals surface area contributed by atoms with Crippen molar-refractivity contribution in [2.24, 2.45) is 10.8 Å². The van der Waals surface area contributed by atoms with Crippen LogP contribution in [0.4, 0.5) is 0 Å². The minimum atomic E-state index is -2.12. The number of carbonyl (C=O) groups excluding carboxylic acids is 1. The maximum Gasteiger partial charge on any atom is 0.186 e. The van der Waals surface area contributed by atoms with Gasteiger partial charge in [-0.2, -0.15) is 21.0 Å². The fourth-order valence-corrected chi connectivity index (χ4v) is 3.21. The Bertz CT molecular complexity index is 860. The van der Waals surface area contributed by atoms with E-state index >= 15 is 0 Å². The van der Waals surface area contributed by atoms with Crippen molar-refractivity contribution in [2.75, 3.05) is 0 Å². The van der Waals surface area contributed by atoms with Crippen molar-refractivity contribution < 1.29 is 9.90 Å². The van der Waals surface area contributed by atoms with Gasteiger partial charge in [0.2, 0.25) is 0 Å². The highest BCUT2D eigenvalue weighted by atomic mass is 16.3. The highest BCUT2D eigenvalue weighted by molar-refractivity contribution is 5.96. The van der Waals surface area contributed by atoms with Gasteiger partial charge in [0.15, 0.2) is 16.6 Å². The van der Waals surface area contributed by atoms with E-state index in [4.69, 9.17) is 0 Å². The third-order valence-electron chi connectivity index (χ3n) is 4.39. The number of aliphatic hydroxyl groups excluding tert-OH is 1. The lowest BCUT2D eigenvalue weighted by Gasteiger charge is -2.42. The molecule has 116 valence electrons. The lowest BCUT2D eigenvalue weighted by Crippen LogP contribution is -2.48. The van der Waals surface area contributed by atoms with E-state index in [0.29, 0.717) is 5.56 Å². The largest absolute Gasteiger partial charge is 0.512 e. The van der Waals surface area contributed by atoms with Crippen LogP contribution in [-0.4, -0.2) is 10.9 Å². The molecule has 24 heavy (non-hydrogen) atoms. The number of hydrogen-bond donors (Lipinski definition) is 1. The Labute approximate surface area is 139 Å². The summed E-state index contributed by atoms with van der Waals surface area (Å²) in [6.45, 7) is 1.22. The lowest BCUT2D eigenvalue weighted by molar-refractivity contribution is -0.114. The molecule has 0 heterocycles. The number of hydrogen-bond acceptors (Lipinski definition) is 6. The second-order valence-electron chi connectivity index (χ2n) is 5.60. The molecule has 1 aliphatic rings. The van der Waals surface area contributed by atoms with Crippen LogP contribution in [0.25, 0.3) is 0 Å². The third-order valence-corrected chi connectivity index (χ3v) is 4.39. The summed E-state index contributed by atoms with van der Waals surface area (Å²) >= 11 is 0. The minimum absolute atomic E-state index is 0.106. The smallest absolute Gasteiger partial charge is 0.186 e. The Hall–Kier alpha value is -3.61. The Morgan fingerprint density at radius 2 is 1.62 bits per heavy atom. The van der Waals surface area contributed by atoms with Crippen molar-refractivity contribution in [1.29, 1.82) is 21.0 Å². The molecule has 0 aromatic heterocycles. The first kappa shape index (κ1) is 16.8. The number of nitrogens with zero attached hydrogens (tertiary/aromatic N) is 4. The van der Waals surface area contributed by atoms with Crippen molar-refractivity contribution in [3.8, 4) is 24.3 Å². The van der Waals surface area contributed by atoms with Gasteiger partial charge in [-0.3, -0.25) is 4.79 Å². The van der Waals surface area contributed by atoms with Crippen LogP contribution in [-0.2, 0) is 4.79 Å². The molecule has 0 aliphatic heterocycles. The third kappa shape index (κ3) is 2.03. The average molecular weight is 316 g/mol. The van der Waals surface area contributed by atoms with E-state index in [1.54, 1.807) is 42.5 Å². The van der Waals surface area contributed by atoms with E-state index in [9.17, 15) is 30.9 Å². The molecule has 0 saturated carbocycles. The maximum absolute atomic E-state index is 12.1. The number of rotatable bonds is 2. The second-order valence-corrected chi connectivity index (χ2v) is 5.60. The molecular formula is C18H12N4O2. The van der Waals surface area contributed by atoms with Gasteiger partial charge in [-0.1, -0.05) is 30.3 Å². The van der Waals surface area contributed by atoms with Gasteiger partial charge in [0.05, 0.1) is 30.2 Å². The molecular weight excluding hydrogens is 304 g/mol. The predicted molar refractivity (Wildman–Crippen MR) is 81.5 cm³/mol. The van der Waals surface area contributed by atoms with Crippen molar-refractivity contribution in [1.82, 2.24) is 0 Å². The van der Waals surface area contributed by atoms with Crippen molar-refractivity contribution in [3.05, 3.63) is 47.2 Å². The first-order chi connectivity index (χ1) is 11.4. The summed E-state index contributed by atoms with van der Waals surface area (Å²) < 4.78 is 0. The van der Waals surface area contributed by atoms with Crippen molar-refractivity contribution >= 4 is 5.78 Å². The summed E-state index contributed by atoms with van der Waals surface area (Å²) in [4.78, 5) is 12.1. The number of benzene rings is 1. The van der Waals surface area contributed by atoms with Crippen LogP contribution in [0.2, 0.25) is 0 Å². The van der Waals surface area contributed by atoms with Gasteiger partial charge in [-0.05, 0) is 12.5 Å². The average Bonchev–Trinajstić information content (AvgIpc) is 2.61. The van der Waals surface area contributed by atoms with Crippen LogP contribution in [0.3, 0.4) is 0 Å². The van der Waals surface area contributed by atoms with E-state index in [1.807, 2.05) is 12.1 Å². The molecule has 6 nitrogen and oxygen atoms in total. The molecule has 0 fully saturated rings. The Balaban J connectivity index is 2.97. The van der Waals surface area contributed by atoms with Gasteiger partial charge in [0, 0.05) is 12.0 Å². The molecule has 0 saturated heterocycles. The molecule has 0 amide bonds. The maximum atomic E-state index is 12.1. The first-order valence-corrected chi connectivity index (χ1v) is 7.06. The minimum Gasteiger partial charge on any atom is -0.512 e. The van der Waals surface area contributed by atoms with E-state index in [0.717, 1.165) is 0 Å². The Kier molecular flexibility index (Phi) is 4.11. The Morgan fingerprint density at radius 1 is 1.08 bits per heavy atom. The zero-order valence-electron chi connectivity index (χ0n) is 12.8. The molecule has 1 aromatic rings. The fourth-order valence-electron chi connectivity index (χ4n) is 3.21. The van der Waals surface area contributed by atoms with Gasteiger partial charge in [0.25, 0.3) is 0 Å². The highest BCUT2D eigenvalue weighted by Gasteiger charge is 2.64. The number of ketones is 1. The number of nitriles is 4. The molecule has 6 heteroatoms. The van der Waals surface area contributed by atoms with Gasteiger partial charge < -0.3 is 5.11 Å². The van der Waals surface area contributed by atoms with Gasteiger partial charge >= 0.3 is 0 Å². The van der Waals surface area contributed by atoms with Crippen LogP contribution >= 0.6 is 0 Å². The molecule has 0 radical (unpaired) electrons. The van der Waals surface area contributed by atoms with E-state index in [2.05, 4.69) is 0 Å². The van der Waals surface area contributed by atoms with Crippen LogP contribution in [0.1, 0.15) is 24.8 Å². The normalized spacial score (nSPS) is 20.8. The number of allylic oxidation sites excluding steroid dienone is 2. The molecule has 1 atom stereocenters. The molecule has 1 aromatic carbocycles. The molecule has 1 N–H and O–H groups in total. The second kappa shape index (κ2) is 5.88. The monoisotopic (exact) mass is 316 g/mol. The topological polar surface area (TPSA) is 132 Å². The number of carbonyl (C=O) groups is 1. The first-order valence-electron chi connectivity index (χ1n) is 7.06. The van der Waals surface area contributed by atoms with Crippen LogP contribution < -0.4 is 0 Å². The summed E-state index contributed by atoms with van der Waals surface area (Å²) in [5.74, 6) is -2.14. The summed E-state index contributed by atoms with van der Waals surface area (Å²) in [6.07, 6.45) is -0.542. The molecule has 1 aliphatic carbocycles. The number of Topliss-reactive ketones (excluding diaryl/α,β-unsaturated/α-hetero) is 1. The van der Waals surface area contributed by atoms with Crippen molar-refractivity contribution in [3.63, 3.8) is 0 Å². The quantitative estimate of drug-likeness (QED) is 0.891. The van der Waals surface area contributed by atoms with Crippen LogP contribution in [0.5, 0.6) is 0 Å². The van der Waals surface area contributed by atoms with Crippen LogP contribution in [0.15, 0.2) is 41.7 Å². The zero-order valence-corrected chi connectivity index (χ0v) is 12.8. The lowest BCUT2D eigenvalue weighted by atomic mass is 9.51. The fraction of sp³-hybridized carbons (Fsp3) is 0.278. The molecule has 0 spiro atoms. The zero-order chi connectivity index (χ0) is 18.0. The summed E-state index contributed by atoms with van der Waals surface area (Å²) in [5.41, 5.74) is -3.90. The highest BCUT2D eigenvalue weighted by Crippen LogP contribution is 2.58. The predicted octanol–water partition coefficient (Wildman–Crippen LogP) is 2.64. The molecule has 0 bridgehead atoms. The summed E-state index contributed by atoms with van der Waals surface area (Å²) in [6, 6.07) is 15.3. The van der Waals surface area contributed by atoms with Crippen molar-refractivity contribution in [2.45, 2.75) is 19.3 Å². The van der Waals surface area contributed by atoms with E-state index < -0.39 is 34.7 Å².